The van der Waals surface area contributed by atoms with E-state index in [1.807, 2.05) is 13.8 Å². The zero-order valence-corrected chi connectivity index (χ0v) is 14.1. The molecule has 0 heterocycles. The Hall–Kier alpha value is -1.39. The molecule has 1 aromatic carbocycles. The SMILES string of the molecule is CC(C)CCC(O)c1ccc(C(=O)NC(C)(C)CCO)cc1. The number of carbonyl (C=O) groups is 1. The standard InChI is InChI=1S/C18H29NO3/c1-13(2)5-10-16(21)14-6-8-15(9-7-14)17(22)19-18(3,4)11-12-20/h6-9,13,16,20-21H,5,10-12H2,1-4H3,(H,19,22). The number of aliphatic hydroxyl groups excluding tert-OH is 2. The van der Waals surface area contributed by atoms with Gasteiger partial charge in [0.15, 0.2) is 0 Å². The normalized spacial score (nSPS) is 13.2. The van der Waals surface area contributed by atoms with Gasteiger partial charge in [-0.3, -0.25) is 4.79 Å². The topological polar surface area (TPSA) is 69.6 Å². The molecule has 4 nitrogen and oxygen atoms in total. The van der Waals surface area contributed by atoms with Crippen LogP contribution in [0.5, 0.6) is 0 Å². The Labute approximate surface area is 133 Å². The maximum atomic E-state index is 12.2. The lowest BCUT2D eigenvalue weighted by Gasteiger charge is -2.25. The summed E-state index contributed by atoms with van der Waals surface area (Å²) in [6, 6.07) is 7.08. The summed E-state index contributed by atoms with van der Waals surface area (Å²) in [4.78, 5) is 12.2. The van der Waals surface area contributed by atoms with Crippen LogP contribution in [-0.2, 0) is 0 Å². The number of hydrogen-bond donors (Lipinski definition) is 3. The quantitative estimate of drug-likeness (QED) is 0.691. The molecule has 0 radical (unpaired) electrons. The Morgan fingerprint density at radius 1 is 1.18 bits per heavy atom. The van der Waals surface area contributed by atoms with E-state index in [1.54, 1.807) is 24.3 Å². The van der Waals surface area contributed by atoms with E-state index in [0.29, 0.717) is 17.9 Å². The maximum absolute atomic E-state index is 12.2. The second-order valence-electron chi connectivity index (χ2n) is 6.92. The van der Waals surface area contributed by atoms with Crippen LogP contribution in [0.25, 0.3) is 0 Å². The van der Waals surface area contributed by atoms with Crippen molar-refractivity contribution < 1.29 is 15.0 Å². The third-order valence-corrected chi connectivity index (χ3v) is 3.76. The Morgan fingerprint density at radius 3 is 2.27 bits per heavy atom. The fourth-order valence-electron chi connectivity index (χ4n) is 2.24. The Kier molecular flexibility index (Phi) is 7.04. The van der Waals surface area contributed by atoms with Gasteiger partial charge in [0.05, 0.1) is 6.10 Å². The molecule has 3 N–H and O–H groups in total. The average molecular weight is 307 g/mol. The van der Waals surface area contributed by atoms with Crippen LogP contribution in [0, 0.1) is 5.92 Å². The van der Waals surface area contributed by atoms with Gasteiger partial charge in [-0.05, 0) is 56.7 Å². The highest BCUT2D eigenvalue weighted by Gasteiger charge is 2.20. The lowest BCUT2D eigenvalue weighted by molar-refractivity contribution is 0.0899. The van der Waals surface area contributed by atoms with Crippen molar-refractivity contribution in [3.05, 3.63) is 35.4 Å². The fourth-order valence-corrected chi connectivity index (χ4v) is 2.24. The molecule has 0 spiro atoms. The smallest absolute Gasteiger partial charge is 0.251 e. The molecular formula is C18H29NO3. The van der Waals surface area contributed by atoms with Crippen molar-refractivity contribution in [2.45, 2.75) is 58.6 Å². The molecule has 0 saturated carbocycles. The number of nitrogens with one attached hydrogen (secondary N) is 1. The molecule has 0 aliphatic heterocycles. The minimum Gasteiger partial charge on any atom is -0.396 e. The maximum Gasteiger partial charge on any atom is 0.251 e. The summed E-state index contributed by atoms with van der Waals surface area (Å²) in [7, 11) is 0. The molecule has 1 rings (SSSR count). The molecular weight excluding hydrogens is 278 g/mol. The van der Waals surface area contributed by atoms with E-state index in [9.17, 15) is 9.90 Å². The van der Waals surface area contributed by atoms with Gasteiger partial charge in [-0.2, -0.15) is 0 Å². The molecule has 22 heavy (non-hydrogen) atoms. The van der Waals surface area contributed by atoms with Crippen molar-refractivity contribution in [1.82, 2.24) is 5.32 Å². The van der Waals surface area contributed by atoms with Gasteiger partial charge < -0.3 is 15.5 Å². The average Bonchev–Trinajstić information content (AvgIpc) is 2.44. The number of amides is 1. The van der Waals surface area contributed by atoms with Crippen LogP contribution in [0.15, 0.2) is 24.3 Å². The Bertz CT molecular complexity index is 466. The van der Waals surface area contributed by atoms with Crippen LogP contribution < -0.4 is 5.32 Å². The molecule has 0 aromatic heterocycles. The molecule has 0 aliphatic carbocycles. The predicted octanol–water partition coefficient (Wildman–Crippen LogP) is 3.05. The van der Waals surface area contributed by atoms with Gasteiger partial charge in [0.1, 0.15) is 0 Å². The number of benzene rings is 1. The largest absolute Gasteiger partial charge is 0.396 e. The number of hydrogen-bond acceptors (Lipinski definition) is 3. The fraction of sp³-hybridized carbons (Fsp3) is 0.611. The molecule has 1 amide bonds. The molecule has 1 atom stereocenters. The van der Waals surface area contributed by atoms with Gasteiger partial charge >= 0.3 is 0 Å². The van der Waals surface area contributed by atoms with Gasteiger partial charge in [0.2, 0.25) is 0 Å². The third kappa shape index (κ3) is 6.16. The second kappa shape index (κ2) is 8.30. The molecule has 0 fully saturated rings. The van der Waals surface area contributed by atoms with E-state index in [1.165, 1.54) is 0 Å². The van der Waals surface area contributed by atoms with Gasteiger partial charge in [-0.25, -0.2) is 0 Å². The Balaban J connectivity index is 2.66. The first-order valence-electron chi connectivity index (χ1n) is 7.96. The lowest BCUT2D eigenvalue weighted by atomic mass is 9.98. The predicted molar refractivity (Wildman–Crippen MR) is 88.7 cm³/mol. The summed E-state index contributed by atoms with van der Waals surface area (Å²) < 4.78 is 0. The van der Waals surface area contributed by atoms with E-state index in [-0.39, 0.29) is 12.5 Å². The van der Waals surface area contributed by atoms with E-state index in [2.05, 4.69) is 19.2 Å². The minimum atomic E-state index is -0.481. The first-order chi connectivity index (χ1) is 10.2. The summed E-state index contributed by atoms with van der Waals surface area (Å²) in [5.74, 6) is 0.398. The summed E-state index contributed by atoms with van der Waals surface area (Å²) in [6.45, 7) is 8.06. The van der Waals surface area contributed by atoms with E-state index >= 15 is 0 Å². The van der Waals surface area contributed by atoms with Crippen molar-refractivity contribution in [2.24, 2.45) is 5.92 Å². The number of rotatable bonds is 8. The summed E-state index contributed by atoms with van der Waals surface area (Å²) >= 11 is 0. The van der Waals surface area contributed by atoms with Crippen molar-refractivity contribution in [3.63, 3.8) is 0 Å². The third-order valence-electron chi connectivity index (χ3n) is 3.76. The highest BCUT2D eigenvalue weighted by atomic mass is 16.3. The zero-order chi connectivity index (χ0) is 16.8. The van der Waals surface area contributed by atoms with Crippen molar-refractivity contribution in [2.75, 3.05) is 6.61 Å². The van der Waals surface area contributed by atoms with Crippen LogP contribution >= 0.6 is 0 Å². The van der Waals surface area contributed by atoms with Gasteiger partial charge in [-0.15, -0.1) is 0 Å². The molecule has 124 valence electrons. The van der Waals surface area contributed by atoms with Crippen LogP contribution in [0.4, 0.5) is 0 Å². The van der Waals surface area contributed by atoms with Crippen LogP contribution in [-0.4, -0.2) is 28.3 Å². The van der Waals surface area contributed by atoms with Crippen LogP contribution in [0.2, 0.25) is 0 Å². The minimum absolute atomic E-state index is 0.0360. The summed E-state index contributed by atoms with van der Waals surface area (Å²) in [5, 5.41) is 22.0. The van der Waals surface area contributed by atoms with E-state index < -0.39 is 11.6 Å². The zero-order valence-electron chi connectivity index (χ0n) is 14.1. The lowest BCUT2D eigenvalue weighted by Crippen LogP contribution is -2.44. The molecule has 1 unspecified atom stereocenters. The first-order valence-corrected chi connectivity index (χ1v) is 7.96. The summed E-state index contributed by atoms with van der Waals surface area (Å²) in [5.41, 5.74) is 0.957. The molecule has 1 aromatic rings. The van der Waals surface area contributed by atoms with E-state index in [0.717, 1.165) is 18.4 Å². The number of aliphatic hydroxyl groups is 2. The Morgan fingerprint density at radius 2 is 1.77 bits per heavy atom. The molecule has 0 bridgehead atoms. The van der Waals surface area contributed by atoms with E-state index in [4.69, 9.17) is 5.11 Å². The van der Waals surface area contributed by atoms with Gasteiger partial charge in [-0.1, -0.05) is 26.0 Å². The monoisotopic (exact) mass is 307 g/mol. The van der Waals surface area contributed by atoms with Crippen molar-refractivity contribution >= 4 is 5.91 Å². The van der Waals surface area contributed by atoms with Gasteiger partial charge in [0, 0.05) is 17.7 Å². The highest BCUT2D eigenvalue weighted by Crippen LogP contribution is 2.21. The molecule has 4 heteroatoms. The first kappa shape index (κ1) is 18.7. The number of carbonyl (C=O) groups excluding carboxylic acids is 1. The highest BCUT2D eigenvalue weighted by molar-refractivity contribution is 5.94. The van der Waals surface area contributed by atoms with Crippen molar-refractivity contribution in [3.8, 4) is 0 Å². The molecule has 0 saturated heterocycles. The van der Waals surface area contributed by atoms with Crippen LogP contribution in [0.3, 0.4) is 0 Å². The van der Waals surface area contributed by atoms with Crippen LogP contribution in [0.1, 0.15) is 69.0 Å². The molecule has 0 aliphatic rings. The van der Waals surface area contributed by atoms with Crippen molar-refractivity contribution in [1.29, 1.82) is 0 Å². The second-order valence-corrected chi connectivity index (χ2v) is 6.92. The summed E-state index contributed by atoms with van der Waals surface area (Å²) in [6.07, 6.45) is 1.72. The van der Waals surface area contributed by atoms with Gasteiger partial charge in [0.25, 0.3) is 5.91 Å².